The van der Waals surface area contributed by atoms with Gasteiger partial charge in [-0.1, -0.05) is 0 Å². The van der Waals surface area contributed by atoms with Gasteiger partial charge in [-0.15, -0.1) is 11.3 Å². The first-order valence-electron chi connectivity index (χ1n) is 5.69. The number of halogens is 1. The molecule has 0 amide bonds. The molecule has 0 N–H and O–H groups in total. The number of hydrogen-bond donors (Lipinski definition) is 0. The first kappa shape index (κ1) is 12.5. The Morgan fingerprint density at radius 3 is 2.95 bits per heavy atom. The van der Waals surface area contributed by atoms with Gasteiger partial charge in [0.1, 0.15) is 4.70 Å². The van der Waals surface area contributed by atoms with Gasteiger partial charge in [0.05, 0.1) is 24.1 Å². The SMILES string of the molecule is Cc1csc2c(=O)n(Cc3ccc(Br)cn3)cnc12. The molecule has 0 aliphatic heterocycles. The predicted molar refractivity (Wildman–Crippen MR) is 79.7 cm³/mol. The predicted octanol–water partition coefficient (Wildman–Crippen LogP) is 2.97. The molecule has 4 nitrogen and oxygen atoms in total. The summed E-state index contributed by atoms with van der Waals surface area (Å²) in [7, 11) is 0. The number of aromatic nitrogens is 3. The maximum Gasteiger partial charge on any atom is 0.271 e. The molecular weight excluding hydrogens is 326 g/mol. The van der Waals surface area contributed by atoms with Crippen LogP contribution in [0.5, 0.6) is 0 Å². The van der Waals surface area contributed by atoms with Gasteiger partial charge in [-0.3, -0.25) is 14.3 Å². The van der Waals surface area contributed by atoms with E-state index in [0.717, 1.165) is 21.2 Å². The van der Waals surface area contributed by atoms with Crippen molar-refractivity contribution in [2.75, 3.05) is 0 Å². The highest BCUT2D eigenvalue weighted by atomic mass is 79.9. The molecule has 0 aliphatic carbocycles. The lowest BCUT2D eigenvalue weighted by Crippen LogP contribution is -2.20. The van der Waals surface area contributed by atoms with E-state index in [1.165, 1.54) is 11.3 Å². The van der Waals surface area contributed by atoms with Crippen molar-refractivity contribution >= 4 is 37.5 Å². The molecule has 0 aromatic carbocycles. The van der Waals surface area contributed by atoms with Gasteiger partial charge in [-0.2, -0.15) is 0 Å². The van der Waals surface area contributed by atoms with E-state index < -0.39 is 0 Å². The fraction of sp³-hybridized carbons (Fsp3) is 0.154. The smallest absolute Gasteiger partial charge is 0.271 e. The zero-order valence-corrected chi connectivity index (χ0v) is 12.5. The summed E-state index contributed by atoms with van der Waals surface area (Å²) >= 11 is 4.78. The van der Waals surface area contributed by atoms with E-state index in [1.807, 2.05) is 24.4 Å². The van der Waals surface area contributed by atoms with Crippen LogP contribution in [-0.4, -0.2) is 14.5 Å². The van der Waals surface area contributed by atoms with Gasteiger partial charge >= 0.3 is 0 Å². The Kier molecular flexibility index (Phi) is 3.20. The Morgan fingerprint density at radius 1 is 1.37 bits per heavy atom. The van der Waals surface area contributed by atoms with Gasteiger partial charge in [0.25, 0.3) is 5.56 Å². The quantitative estimate of drug-likeness (QED) is 0.723. The van der Waals surface area contributed by atoms with Crippen molar-refractivity contribution in [3.63, 3.8) is 0 Å². The zero-order chi connectivity index (χ0) is 13.4. The average molecular weight is 336 g/mol. The molecular formula is C13H10BrN3OS. The maximum absolute atomic E-state index is 12.3. The highest BCUT2D eigenvalue weighted by Gasteiger charge is 2.08. The van der Waals surface area contributed by atoms with Crippen molar-refractivity contribution in [2.45, 2.75) is 13.5 Å². The standard InChI is InChI=1S/C13H10BrN3OS/c1-8-6-19-12-11(8)16-7-17(13(12)18)5-10-3-2-9(14)4-15-10/h2-4,6-7H,5H2,1H3. The van der Waals surface area contributed by atoms with Crippen LogP contribution in [0.25, 0.3) is 10.2 Å². The number of nitrogens with zero attached hydrogens (tertiary/aromatic N) is 3. The molecule has 0 bridgehead atoms. The van der Waals surface area contributed by atoms with E-state index in [1.54, 1.807) is 17.1 Å². The van der Waals surface area contributed by atoms with Gasteiger partial charge in [0.2, 0.25) is 0 Å². The van der Waals surface area contributed by atoms with Crippen LogP contribution in [0.4, 0.5) is 0 Å². The molecule has 19 heavy (non-hydrogen) atoms. The van der Waals surface area contributed by atoms with Crippen molar-refractivity contribution in [3.05, 3.63) is 56.1 Å². The molecule has 3 aromatic rings. The molecule has 0 saturated carbocycles. The number of pyridine rings is 1. The summed E-state index contributed by atoms with van der Waals surface area (Å²) < 4.78 is 3.22. The van der Waals surface area contributed by atoms with Crippen LogP contribution in [-0.2, 0) is 6.54 Å². The van der Waals surface area contributed by atoms with Crippen LogP contribution in [0, 0.1) is 6.92 Å². The van der Waals surface area contributed by atoms with Crippen LogP contribution in [0.3, 0.4) is 0 Å². The lowest BCUT2D eigenvalue weighted by Gasteiger charge is -2.04. The van der Waals surface area contributed by atoms with Crippen LogP contribution >= 0.6 is 27.3 Å². The minimum Gasteiger partial charge on any atom is -0.292 e. The number of hydrogen-bond acceptors (Lipinski definition) is 4. The zero-order valence-electron chi connectivity index (χ0n) is 10.1. The number of fused-ring (bicyclic) bond motifs is 1. The van der Waals surface area contributed by atoms with E-state index in [9.17, 15) is 4.79 Å². The van der Waals surface area contributed by atoms with Crippen LogP contribution in [0.15, 0.2) is 39.3 Å². The summed E-state index contributed by atoms with van der Waals surface area (Å²) in [6.07, 6.45) is 3.32. The second-order valence-corrected chi connectivity index (χ2v) is 6.04. The second kappa shape index (κ2) is 4.86. The molecule has 0 radical (unpaired) electrons. The molecule has 6 heteroatoms. The average Bonchev–Trinajstić information content (AvgIpc) is 2.78. The summed E-state index contributed by atoms with van der Waals surface area (Å²) in [5, 5.41) is 1.96. The number of aryl methyl sites for hydroxylation is 1. The van der Waals surface area contributed by atoms with E-state index in [-0.39, 0.29) is 5.56 Å². The molecule has 0 spiro atoms. The molecule has 0 atom stereocenters. The monoisotopic (exact) mass is 335 g/mol. The molecule has 0 fully saturated rings. The van der Waals surface area contributed by atoms with Crippen molar-refractivity contribution in [2.24, 2.45) is 0 Å². The summed E-state index contributed by atoms with van der Waals surface area (Å²) in [5.74, 6) is 0. The Hall–Kier alpha value is -1.53. The van der Waals surface area contributed by atoms with E-state index >= 15 is 0 Å². The third-order valence-corrected chi connectivity index (χ3v) is 4.39. The Balaban J connectivity index is 2.04. The van der Waals surface area contributed by atoms with Gasteiger partial charge in [-0.25, -0.2) is 4.98 Å². The Morgan fingerprint density at radius 2 is 2.21 bits per heavy atom. The third-order valence-electron chi connectivity index (χ3n) is 2.84. The summed E-state index contributed by atoms with van der Waals surface area (Å²) in [5.41, 5.74) is 2.67. The number of rotatable bonds is 2. The lowest BCUT2D eigenvalue weighted by atomic mass is 10.3. The molecule has 0 saturated heterocycles. The minimum absolute atomic E-state index is 0.00665. The van der Waals surface area contributed by atoms with Crippen LogP contribution < -0.4 is 5.56 Å². The normalized spacial score (nSPS) is 11.1. The fourth-order valence-corrected chi connectivity index (χ4v) is 3.03. The van der Waals surface area contributed by atoms with E-state index in [4.69, 9.17) is 0 Å². The van der Waals surface area contributed by atoms with E-state index in [2.05, 4.69) is 25.9 Å². The summed E-state index contributed by atoms with van der Waals surface area (Å²) in [6.45, 7) is 2.40. The fourth-order valence-electron chi connectivity index (χ4n) is 1.85. The second-order valence-electron chi connectivity index (χ2n) is 4.24. The van der Waals surface area contributed by atoms with Crippen molar-refractivity contribution < 1.29 is 0 Å². The maximum atomic E-state index is 12.3. The molecule has 0 aliphatic rings. The highest BCUT2D eigenvalue weighted by molar-refractivity contribution is 9.10. The van der Waals surface area contributed by atoms with Gasteiger partial charge in [-0.05, 0) is 45.9 Å². The lowest BCUT2D eigenvalue weighted by molar-refractivity contribution is 0.730. The first-order valence-corrected chi connectivity index (χ1v) is 7.36. The molecule has 3 heterocycles. The van der Waals surface area contributed by atoms with Crippen molar-refractivity contribution in [3.8, 4) is 0 Å². The van der Waals surface area contributed by atoms with Crippen LogP contribution in [0.1, 0.15) is 11.3 Å². The largest absolute Gasteiger partial charge is 0.292 e. The Labute approximate surface area is 121 Å². The third kappa shape index (κ3) is 2.33. The van der Waals surface area contributed by atoms with Crippen molar-refractivity contribution in [1.29, 1.82) is 0 Å². The number of thiophene rings is 1. The topological polar surface area (TPSA) is 47.8 Å². The highest BCUT2D eigenvalue weighted by Crippen LogP contribution is 2.19. The summed E-state index contributed by atoms with van der Waals surface area (Å²) in [6, 6.07) is 3.80. The van der Waals surface area contributed by atoms with Gasteiger partial charge in [0.15, 0.2) is 0 Å². The minimum atomic E-state index is -0.00665. The summed E-state index contributed by atoms with van der Waals surface area (Å²) in [4.78, 5) is 20.9. The van der Waals surface area contributed by atoms with Crippen LogP contribution in [0.2, 0.25) is 0 Å². The Bertz CT molecular complexity index is 792. The molecule has 96 valence electrons. The molecule has 3 aromatic heterocycles. The van der Waals surface area contributed by atoms with Crippen molar-refractivity contribution in [1.82, 2.24) is 14.5 Å². The van der Waals surface area contributed by atoms with Gasteiger partial charge < -0.3 is 0 Å². The molecule has 3 rings (SSSR count). The van der Waals surface area contributed by atoms with Gasteiger partial charge in [0, 0.05) is 10.7 Å². The molecule has 0 unspecified atom stereocenters. The first-order chi connectivity index (χ1) is 9.15. The van der Waals surface area contributed by atoms with E-state index in [0.29, 0.717) is 11.2 Å².